The minimum absolute atomic E-state index is 0.102. The molecule has 0 fully saturated rings. The van der Waals surface area contributed by atoms with E-state index in [1.807, 2.05) is 0 Å². The molecule has 0 saturated carbocycles. The number of amides is 2. The first kappa shape index (κ1) is 18.8. The molecule has 10 heteroatoms. The lowest BCUT2D eigenvalue weighted by Crippen LogP contribution is -2.28. The monoisotopic (exact) mass is 397 g/mol. The molecular formula is C17H11F4N3O2S. The molecule has 27 heavy (non-hydrogen) atoms. The van der Waals surface area contributed by atoms with Crippen LogP contribution in [-0.4, -0.2) is 23.3 Å². The molecule has 0 aliphatic carbocycles. The zero-order valence-electron chi connectivity index (χ0n) is 13.5. The molecule has 3 aromatic rings. The molecule has 0 radical (unpaired) electrons. The number of hydrogen-bond acceptors (Lipinski definition) is 4. The van der Waals surface area contributed by atoms with Crippen LogP contribution in [0.2, 0.25) is 0 Å². The van der Waals surface area contributed by atoms with Crippen LogP contribution >= 0.6 is 11.3 Å². The summed E-state index contributed by atoms with van der Waals surface area (Å²) in [5.41, 5.74) is -0.138. The molecule has 0 aliphatic heterocycles. The van der Waals surface area contributed by atoms with Crippen LogP contribution < -0.4 is 10.6 Å². The molecule has 2 amide bonds. The summed E-state index contributed by atoms with van der Waals surface area (Å²) in [6.45, 7) is -0.102. The van der Waals surface area contributed by atoms with Gasteiger partial charge in [0, 0.05) is 25.1 Å². The van der Waals surface area contributed by atoms with E-state index in [0.29, 0.717) is 10.8 Å². The molecule has 0 unspecified atom stereocenters. The molecule has 0 aliphatic rings. The van der Waals surface area contributed by atoms with Crippen LogP contribution in [0.4, 0.5) is 22.7 Å². The van der Waals surface area contributed by atoms with Gasteiger partial charge in [0.25, 0.3) is 5.91 Å². The van der Waals surface area contributed by atoms with Crippen LogP contribution in [0.1, 0.15) is 16.8 Å². The van der Waals surface area contributed by atoms with Crippen LogP contribution in [0.5, 0.6) is 0 Å². The Morgan fingerprint density at radius 2 is 1.74 bits per heavy atom. The Bertz CT molecular complexity index is 999. The minimum Gasteiger partial charge on any atom is -0.351 e. The van der Waals surface area contributed by atoms with Gasteiger partial charge in [-0.3, -0.25) is 9.59 Å². The predicted octanol–water partition coefficient (Wildman–Crippen LogP) is 3.61. The molecule has 1 aromatic heterocycles. The number of carbonyl (C=O) groups is 2. The standard InChI is InChI=1S/C17H11F4N3O2S/c18-8-1-2-9(10(19)5-8)16(26)22-4-3-15(25)24-17-23-13-6-11(20)12(21)7-14(13)27-17/h1-2,5-7H,3-4H2,(H,22,26)(H,23,24,25). The van der Waals surface area contributed by atoms with Crippen LogP contribution in [0, 0.1) is 23.3 Å². The van der Waals surface area contributed by atoms with Crippen molar-refractivity contribution >= 4 is 38.5 Å². The third-order valence-corrected chi connectivity index (χ3v) is 4.42. The Balaban J connectivity index is 1.54. The number of hydrogen-bond donors (Lipinski definition) is 2. The maximum Gasteiger partial charge on any atom is 0.254 e. The van der Waals surface area contributed by atoms with Crippen LogP contribution in [0.15, 0.2) is 30.3 Å². The Morgan fingerprint density at radius 3 is 2.48 bits per heavy atom. The second kappa shape index (κ2) is 7.70. The van der Waals surface area contributed by atoms with E-state index in [-0.39, 0.29) is 29.2 Å². The summed E-state index contributed by atoms with van der Waals surface area (Å²) in [6, 6.07) is 4.44. The van der Waals surface area contributed by atoms with Gasteiger partial charge in [0.2, 0.25) is 5.91 Å². The summed E-state index contributed by atoms with van der Waals surface area (Å²) < 4.78 is 53.0. The average Bonchev–Trinajstić information content (AvgIpc) is 2.95. The third kappa shape index (κ3) is 4.40. The number of fused-ring (bicyclic) bond motifs is 1. The van der Waals surface area contributed by atoms with Gasteiger partial charge in [-0.1, -0.05) is 11.3 Å². The van der Waals surface area contributed by atoms with Crippen LogP contribution in [0.3, 0.4) is 0 Å². The highest BCUT2D eigenvalue weighted by Gasteiger charge is 2.14. The van der Waals surface area contributed by atoms with E-state index in [0.717, 1.165) is 35.6 Å². The van der Waals surface area contributed by atoms with E-state index >= 15 is 0 Å². The number of halogens is 4. The van der Waals surface area contributed by atoms with E-state index in [2.05, 4.69) is 15.6 Å². The van der Waals surface area contributed by atoms with Gasteiger partial charge in [-0.25, -0.2) is 22.5 Å². The first-order chi connectivity index (χ1) is 12.8. The quantitative estimate of drug-likeness (QED) is 0.646. The van der Waals surface area contributed by atoms with Gasteiger partial charge >= 0.3 is 0 Å². The molecular weight excluding hydrogens is 386 g/mol. The smallest absolute Gasteiger partial charge is 0.254 e. The number of anilines is 1. The van der Waals surface area contributed by atoms with Gasteiger partial charge in [-0.15, -0.1) is 0 Å². The number of nitrogens with zero attached hydrogens (tertiary/aromatic N) is 1. The predicted molar refractivity (Wildman–Crippen MR) is 91.5 cm³/mol. The fourth-order valence-corrected chi connectivity index (χ4v) is 3.11. The molecule has 2 N–H and O–H groups in total. The van der Waals surface area contributed by atoms with E-state index in [9.17, 15) is 27.2 Å². The lowest BCUT2D eigenvalue weighted by atomic mass is 10.2. The van der Waals surface area contributed by atoms with E-state index in [4.69, 9.17) is 0 Å². The average molecular weight is 397 g/mol. The first-order valence-electron chi connectivity index (χ1n) is 7.62. The van der Waals surface area contributed by atoms with Crippen molar-refractivity contribution < 1.29 is 27.2 Å². The van der Waals surface area contributed by atoms with Gasteiger partial charge in [0.15, 0.2) is 16.8 Å². The molecule has 2 aromatic carbocycles. The highest BCUT2D eigenvalue weighted by molar-refractivity contribution is 7.22. The normalized spacial score (nSPS) is 10.8. The zero-order valence-corrected chi connectivity index (χ0v) is 14.3. The SMILES string of the molecule is O=C(CCNC(=O)c1ccc(F)cc1F)Nc1nc2cc(F)c(F)cc2s1. The molecule has 1 heterocycles. The highest BCUT2D eigenvalue weighted by atomic mass is 32.1. The van der Waals surface area contributed by atoms with Gasteiger partial charge < -0.3 is 10.6 Å². The van der Waals surface area contributed by atoms with Crippen molar-refractivity contribution in [2.24, 2.45) is 0 Å². The Kier molecular flexibility index (Phi) is 5.36. The number of nitrogens with one attached hydrogen (secondary N) is 2. The Hall–Kier alpha value is -3.01. The van der Waals surface area contributed by atoms with Crippen molar-refractivity contribution in [2.45, 2.75) is 6.42 Å². The second-order valence-electron chi connectivity index (χ2n) is 5.43. The molecule has 0 spiro atoms. The Labute approximate surface area is 154 Å². The van der Waals surface area contributed by atoms with Crippen LogP contribution in [0.25, 0.3) is 10.2 Å². The highest BCUT2D eigenvalue weighted by Crippen LogP contribution is 2.27. The van der Waals surface area contributed by atoms with Crippen molar-refractivity contribution in [3.8, 4) is 0 Å². The van der Waals surface area contributed by atoms with Gasteiger partial charge in [0.05, 0.1) is 15.8 Å². The maximum atomic E-state index is 13.5. The largest absolute Gasteiger partial charge is 0.351 e. The topological polar surface area (TPSA) is 71.1 Å². The molecule has 5 nitrogen and oxygen atoms in total. The first-order valence-corrected chi connectivity index (χ1v) is 8.44. The van der Waals surface area contributed by atoms with E-state index < -0.39 is 35.1 Å². The van der Waals surface area contributed by atoms with Crippen molar-refractivity contribution in [3.05, 3.63) is 59.2 Å². The number of carbonyl (C=O) groups excluding carboxylic acids is 2. The van der Waals surface area contributed by atoms with Gasteiger partial charge in [-0.05, 0) is 18.2 Å². The number of thiazole rings is 1. The third-order valence-electron chi connectivity index (χ3n) is 3.49. The van der Waals surface area contributed by atoms with Crippen molar-refractivity contribution in [1.82, 2.24) is 10.3 Å². The zero-order chi connectivity index (χ0) is 19.6. The lowest BCUT2D eigenvalue weighted by Gasteiger charge is -2.06. The molecule has 140 valence electrons. The van der Waals surface area contributed by atoms with Crippen molar-refractivity contribution in [3.63, 3.8) is 0 Å². The van der Waals surface area contributed by atoms with Gasteiger partial charge in [-0.2, -0.15) is 0 Å². The van der Waals surface area contributed by atoms with E-state index in [1.54, 1.807) is 0 Å². The number of rotatable bonds is 5. The van der Waals surface area contributed by atoms with Crippen LogP contribution in [-0.2, 0) is 4.79 Å². The summed E-state index contributed by atoms with van der Waals surface area (Å²) in [6.07, 6.45) is -0.146. The fraction of sp³-hybridized carbons (Fsp3) is 0.118. The fourth-order valence-electron chi connectivity index (χ4n) is 2.22. The molecule has 0 bridgehead atoms. The summed E-state index contributed by atoms with van der Waals surface area (Å²) in [5.74, 6) is -5.16. The Morgan fingerprint density at radius 1 is 1.00 bits per heavy atom. The summed E-state index contributed by atoms with van der Waals surface area (Å²) in [5, 5.41) is 4.94. The maximum absolute atomic E-state index is 13.5. The summed E-state index contributed by atoms with van der Waals surface area (Å²) in [7, 11) is 0. The molecule has 3 rings (SSSR count). The lowest BCUT2D eigenvalue weighted by molar-refractivity contribution is -0.116. The molecule has 0 saturated heterocycles. The second-order valence-corrected chi connectivity index (χ2v) is 6.46. The number of benzene rings is 2. The minimum atomic E-state index is -1.04. The summed E-state index contributed by atoms with van der Waals surface area (Å²) >= 11 is 0.966. The molecule has 0 atom stereocenters. The van der Waals surface area contributed by atoms with E-state index in [1.165, 1.54) is 0 Å². The van der Waals surface area contributed by atoms with Gasteiger partial charge in [0.1, 0.15) is 11.6 Å². The van der Waals surface area contributed by atoms with Crippen molar-refractivity contribution in [2.75, 3.05) is 11.9 Å². The summed E-state index contributed by atoms with van der Waals surface area (Å²) in [4.78, 5) is 27.7. The number of aromatic nitrogens is 1. The van der Waals surface area contributed by atoms with Crippen molar-refractivity contribution in [1.29, 1.82) is 0 Å².